The van der Waals surface area contributed by atoms with Crippen molar-refractivity contribution in [1.82, 2.24) is 9.97 Å². The highest BCUT2D eigenvalue weighted by Gasteiger charge is 2.39. The van der Waals surface area contributed by atoms with Crippen molar-refractivity contribution in [2.24, 2.45) is 0 Å². The van der Waals surface area contributed by atoms with E-state index in [0.29, 0.717) is 12.1 Å². The van der Waals surface area contributed by atoms with Gasteiger partial charge in [-0.15, -0.1) is 0 Å². The number of nitrogens with zero attached hydrogens (tertiary/aromatic N) is 1. The van der Waals surface area contributed by atoms with Crippen LogP contribution in [0.2, 0.25) is 5.02 Å². The number of alkyl halides is 9. The molecule has 3 rings (SSSR count). The zero-order valence-corrected chi connectivity index (χ0v) is 13.9. The third-order valence-corrected chi connectivity index (χ3v) is 4.09. The minimum absolute atomic E-state index is 0.0818. The van der Waals surface area contributed by atoms with Crippen LogP contribution in [0.5, 0.6) is 0 Å². The summed E-state index contributed by atoms with van der Waals surface area (Å²) in [5, 5.41) is -0.393. The van der Waals surface area contributed by atoms with Gasteiger partial charge in [-0.05, 0) is 29.8 Å². The maximum Gasteiger partial charge on any atom is 0.449 e. The van der Waals surface area contributed by atoms with E-state index in [4.69, 9.17) is 11.6 Å². The number of hydrogen-bond acceptors (Lipinski definition) is 1. The first-order valence-electron chi connectivity index (χ1n) is 7.23. The Bertz CT molecular complexity index is 1050. The molecule has 0 unspecified atom stereocenters. The number of imidazole rings is 1. The molecule has 0 fully saturated rings. The monoisotopic (exact) mass is 432 g/mol. The number of aromatic nitrogens is 2. The van der Waals surface area contributed by atoms with E-state index in [0.717, 1.165) is 12.1 Å². The number of aromatic amines is 1. The molecule has 0 bridgehead atoms. The zero-order valence-electron chi connectivity index (χ0n) is 13.1. The van der Waals surface area contributed by atoms with Gasteiger partial charge in [-0.3, -0.25) is 0 Å². The van der Waals surface area contributed by atoms with Gasteiger partial charge >= 0.3 is 18.5 Å². The van der Waals surface area contributed by atoms with Crippen molar-refractivity contribution >= 4 is 22.6 Å². The Morgan fingerprint density at radius 3 is 1.93 bits per heavy atom. The zero-order chi connectivity index (χ0) is 21.1. The van der Waals surface area contributed by atoms with E-state index in [2.05, 4.69) is 4.98 Å². The highest BCUT2D eigenvalue weighted by atomic mass is 35.5. The van der Waals surface area contributed by atoms with Crippen LogP contribution in [-0.2, 0) is 18.5 Å². The van der Waals surface area contributed by atoms with E-state index in [-0.39, 0.29) is 17.1 Å². The van der Waals surface area contributed by atoms with Gasteiger partial charge < -0.3 is 4.98 Å². The molecular formula is C16H6ClF9N2. The summed E-state index contributed by atoms with van der Waals surface area (Å²) >= 11 is 5.89. The summed E-state index contributed by atoms with van der Waals surface area (Å²) in [7, 11) is 0. The van der Waals surface area contributed by atoms with E-state index in [1.165, 1.54) is 0 Å². The molecule has 0 spiro atoms. The summed E-state index contributed by atoms with van der Waals surface area (Å²) in [5.41, 5.74) is -4.82. The Hall–Kier alpha value is -2.43. The van der Waals surface area contributed by atoms with Crippen molar-refractivity contribution < 1.29 is 39.5 Å². The van der Waals surface area contributed by atoms with Crippen LogP contribution >= 0.6 is 11.6 Å². The fourth-order valence-electron chi connectivity index (χ4n) is 2.56. The van der Waals surface area contributed by atoms with Gasteiger partial charge in [0.1, 0.15) is 0 Å². The quantitative estimate of drug-likeness (QED) is 0.415. The Labute approximate surface area is 154 Å². The number of benzene rings is 2. The summed E-state index contributed by atoms with van der Waals surface area (Å²) < 4.78 is 117. The molecule has 12 heteroatoms. The summed E-state index contributed by atoms with van der Waals surface area (Å²) in [4.78, 5) is 5.20. The standard InChI is InChI=1S/C16H6ClF9N2/c17-10-5-12-11(27-13(28-12)16(24,25)26)4-8(10)7-2-1-6(14(18,19)20)3-9(7)15(21,22)23/h1-5H,(H,27,28). The molecule has 0 amide bonds. The van der Waals surface area contributed by atoms with Gasteiger partial charge in [-0.2, -0.15) is 39.5 Å². The summed E-state index contributed by atoms with van der Waals surface area (Å²) in [6, 6.07) is 2.68. The molecule has 1 heterocycles. The van der Waals surface area contributed by atoms with Gasteiger partial charge in [-0.25, -0.2) is 4.98 Å². The molecular weight excluding hydrogens is 427 g/mol. The van der Waals surface area contributed by atoms with Gasteiger partial charge in [0.15, 0.2) is 0 Å². The van der Waals surface area contributed by atoms with E-state index >= 15 is 0 Å². The van der Waals surface area contributed by atoms with Crippen LogP contribution < -0.4 is 0 Å². The van der Waals surface area contributed by atoms with Crippen LogP contribution in [0.3, 0.4) is 0 Å². The third kappa shape index (κ3) is 3.75. The summed E-state index contributed by atoms with van der Waals surface area (Å²) in [5.74, 6) is -1.39. The molecule has 1 N–H and O–H groups in total. The predicted octanol–water partition coefficient (Wildman–Crippen LogP) is 6.94. The van der Waals surface area contributed by atoms with Gasteiger partial charge in [0.25, 0.3) is 0 Å². The van der Waals surface area contributed by atoms with Crippen molar-refractivity contribution in [2.45, 2.75) is 18.5 Å². The van der Waals surface area contributed by atoms with Crippen LogP contribution in [0.1, 0.15) is 17.0 Å². The van der Waals surface area contributed by atoms with Crippen LogP contribution in [0.4, 0.5) is 39.5 Å². The minimum Gasteiger partial charge on any atom is -0.334 e. The molecule has 0 radical (unpaired) electrons. The largest absolute Gasteiger partial charge is 0.449 e. The average Bonchev–Trinajstić information content (AvgIpc) is 2.95. The van der Waals surface area contributed by atoms with Crippen LogP contribution in [-0.4, -0.2) is 9.97 Å². The summed E-state index contributed by atoms with van der Waals surface area (Å²) in [6.07, 6.45) is -15.0. The third-order valence-electron chi connectivity index (χ3n) is 3.78. The van der Waals surface area contributed by atoms with Crippen LogP contribution in [0, 0.1) is 0 Å². The maximum atomic E-state index is 13.3. The second-order valence-electron chi connectivity index (χ2n) is 5.69. The van der Waals surface area contributed by atoms with E-state index in [1.807, 2.05) is 4.98 Å². The Balaban J connectivity index is 2.25. The molecule has 0 saturated heterocycles. The number of H-pyrrole nitrogens is 1. The first-order valence-corrected chi connectivity index (χ1v) is 7.61. The van der Waals surface area contributed by atoms with E-state index in [1.54, 1.807) is 0 Å². The molecule has 0 saturated carbocycles. The molecule has 2 nitrogen and oxygen atoms in total. The first-order chi connectivity index (χ1) is 12.7. The van der Waals surface area contributed by atoms with Crippen molar-refractivity contribution in [3.63, 3.8) is 0 Å². The number of halogens is 10. The van der Waals surface area contributed by atoms with Crippen molar-refractivity contribution in [3.8, 4) is 11.1 Å². The van der Waals surface area contributed by atoms with Gasteiger partial charge in [0, 0.05) is 5.56 Å². The van der Waals surface area contributed by atoms with Gasteiger partial charge in [-0.1, -0.05) is 17.7 Å². The number of fused-ring (bicyclic) bond motifs is 1. The molecule has 28 heavy (non-hydrogen) atoms. The fourth-order valence-corrected chi connectivity index (χ4v) is 2.83. The SMILES string of the molecule is FC(F)(F)c1ccc(-c2cc3nc(C(F)(F)F)[nH]c3cc2Cl)c(C(F)(F)F)c1. The average molecular weight is 433 g/mol. The first kappa shape index (κ1) is 20.3. The predicted molar refractivity (Wildman–Crippen MR) is 81.5 cm³/mol. The second-order valence-corrected chi connectivity index (χ2v) is 6.10. The van der Waals surface area contributed by atoms with Gasteiger partial charge in [0.05, 0.1) is 27.2 Å². The number of rotatable bonds is 1. The normalized spacial score (nSPS) is 13.4. The topological polar surface area (TPSA) is 28.7 Å². The Morgan fingerprint density at radius 1 is 0.750 bits per heavy atom. The molecule has 3 aromatic rings. The van der Waals surface area contributed by atoms with Crippen molar-refractivity contribution in [3.05, 3.63) is 52.3 Å². The molecule has 1 aromatic heterocycles. The van der Waals surface area contributed by atoms with Crippen LogP contribution in [0.25, 0.3) is 22.2 Å². The maximum absolute atomic E-state index is 13.3. The van der Waals surface area contributed by atoms with E-state index in [9.17, 15) is 39.5 Å². The molecule has 0 aliphatic rings. The molecule has 2 aromatic carbocycles. The lowest BCUT2D eigenvalue weighted by Gasteiger charge is -2.17. The molecule has 150 valence electrons. The summed E-state index contributed by atoms with van der Waals surface area (Å²) in [6.45, 7) is 0. The lowest BCUT2D eigenvalue weighted by molar-refractivity contribution is -0.144. The number of nitrogens with one attached hydrogen (secondary N) is 1. The lowest BCUT2D eigenvalue weighted by Crippen LogP contribution is -2.12. The Kier molecular flexibility index (Phi) is 4.56. The molecule has 0 aliphatic heterocycles. The second kappa shape index (κ2) is 6.29. The fraction of sp³-hybridized carbons (Fsp3) is 0.188. The van der Waals surface area contributed by atoms with Crippen LogP contribution in [0.15, 0.2) is 30.3 Å². The van der Waals surface area contributed by atoms with Crippen molar-refractivity contribution in [2.75, 3.05) is 0 Å². The van der Waals surface area contributed by atoms with Gasteiger partial charge in [0.2, 0.25) is 5.82 Å². The number of hydrogen-bond donors (Lipinski definition) is 1. The highest BCUT2D eigenvalue weighted by molar-refractivity contribution is 6.34. The van der Waals surface area contributed by atoms with E-state index < -0.39 is 51.6 Å². The van der Waals surface area contributed by atoms with Crippen molar-refractivity contribution in [1.29, 1.82) is 0 Å². The lowest BCUT2D eigenvalue weighted by atomic mass is 9.96. The minimum atomic E-state index is -5.17. The smallest absolute Gasteiger partial charge is 0.334 e. The molecule has 0 aliphatic carbocycles. The molecule has 0 atom stereocenters. The highest BCUT2D eigenvalue weighted by Crippen LogP contribution is 2.43. The Morgan fingerprint density at radius 2 is 1.39 bits per heavy atom.